The first-order valence-corrected chi connectivity index (χ1v) is 6.28. The average Bonchev–Trinajstić information content (AvgIpc) is 2.46. The van der Waals surface area contributed by atoms with Crippen LogP contribution in [0, 0.1) is 5.92 Å². The van der Waals surface area contributed by atoms with Crippen LogP contribution in [-0.2, 0) is 23.8 Å². The molecule has 0 aromatic carbocycles. The SMILES string of the molecule is COC(=O)C1COCCN1C(=O)C1CCOCC1. The number of amides is 1. The molecule has 1 unspecified atom stereocenters. The zero-order valence-electron chi connectivity index (χ0n) is 10.6. The fraction of sp³-hybridized carbons (Fsp3) is 0.833. The lowest BCUT2D eigenvalue weighted by atomic mass is 9.97. The highest BCUT2D eigenvalue weighted by molar-refractivity contribution is 5.86. The molecule has 2 heterocycles. The van der Waals surface area contributed by atoms with Crippen LogP contribution >= 0.6 is 0 Å². The molecule has 6 heteroatoms. The van der Waals surface area contributed by atoms with Crippen molar-refractivity contribution in [3.8, 4) is 0 Å². The summed E-state index contributed by atoms with van der Waals surface area (Å²) < 4.78 is 15.2. The molecule has 0 bridgehead atoms. The summed E-state index contributed by atoms with van der Waals surface area (Å²) in [5, 5.41) is 0. The normalized spacial score (nSPS) is 25.8. The predicted molar refractivity (Wildman–Crippen MR) is 61.9 cm³/mol. The van der Waals surface area contributed by atoms with Gasteiger partial charge in [-0.1, -0.05) is 0 Å². The van der Waals surface area contributed by atoms with Gasteiger partial charge < -0.3 is 19.1 Å². The van der Waals surface area contributed by atoms with Crippen molar-refractivity contribution < 1.29 is 23.8 Å². The van der Waals surface area contributed by atoms with Gasteiger partial charge in [0.1, 0.15) is 0 Å². The van der Waals surface area contributed by atoms with Gasteiger partial charge in [0.25, 0.3) is 0 Å². The largest absolute Gasteiger partial charge is 0.467 e. The number of hydrogen-bond acceptors (Lipinski definition) is 5. The summed E-state index contributed by atoms with van der Waals surface area (Å²) in [6.07, 6.45) is 1.45. The van der Waals surface area contributed by atoms with Crippen LogP contribution < -0.4 is 0 Å². The Balaban J connectivity index is 2.03. The van der Waals surface area contributed by atoms with E-state index >= 15 is 0 Å². The summed E-state index contributed by atoms with van der Waals surface area (Å²) in [6.45, 7) is 2.38. The van der Waals surface area contributed by atoms with Gasteiger partial charge in [0.2, 0.25) is 5.91 Å². The number of carbonyl (C=O) groups excluding carboxylic acids is 2. The molecule has 1 atom stereocenters. The number of hydrogen-bond donors (Lipinski definition) is 0. The van der Waals surface area contributed by atoms with E-state index in [1.807, 2.05) is 0 Å². The summed E-state index contributed by atoms with van der Waals surface area (Å²) in [5.41, 5.74) is 0. The monoisotopic (exact) mass is 257 g/mol. The van der Waals surface area contributed by atoms with E-state index in [4.69, 9.17) is 14.2 Å². The maximum Gasteiger partial charge on any atom is 0.331 e. The first-order chi connectivity index (χ1) is 8.74. The predicted octanol–water partition coefficient (Wildman–Crippen LogP) is -0.187. The summed E-state index contributed by atoms with van der Waals surface area (Å²) in [4.78, 5) is 25.6. The third-order valence-electron chi connectivity index (χ3n) is 3.46. The zero-order valence-corrected chi connectivity index (χ0v) is 10.6. The molecule has 2 aliphatic rings. The van der Waals surface area contributed by atoms with Crippen LogP contribution in [0.1, 0.15) is 12.8 Å². The van der Waals surface area contributed by atoms with Crippen molar-refractivity contribution in [2.75, 3.05) is 40.1 Å². The van der Waals surface area contributed by atoms with Gasteiger partial charge in [0.05, 0.1) is 20.3 Å². The summed E-state index contributed by atoms with van der Waals surface area (Å²) in [6, 6.07) is -0.598. The van der Waals surface area contributed by atoms with E-state index in [1.54, 1.807) is 4.90 Å². The molecular weight excluding hydrogens is 238 g/mol. The van der Waals surface area contributed by atoms with Gasteiger partial charge in [-0.3, -0.25) is 4.79 Å². The minimum atomic E-state index is -0.598. The minimum Gasteiger partial charge on any atom is -0.467 e. The van der Waals surface area contributed by atoms with Crippen LogP contribution in [0.5, 0.6) is 0 Å². The Kier molecular flexibility index (Phi) is 4.54. The second-order valence-corrected chi connectivity index (χ2v) is 4.53. The molecule has 2 aliphatic heterocycles. The quantitative estimate of drug-likeness (QED) is 0.642. The van der Waals surface area contributed by atoms with Crippen molar-refractivity contribution in [3.63, 3.8) is 0 Å². The van der Waals surface area contributed by atoms with Gasteiger partial charge >= 0.3 is 5.97 Å². The second kappa shape index (κ2) is 6.15. The fourth-order valence-corrected chi connectivity index (χ4v) is 2.38. The lowest BCUT2D eigenvalue weighted by Gasteiger charge is -2.36. The molecule has 0 N–H and O–H groups in total. The third kappa shape index (κ3) is 2.81. The van der Waals surface area contributed by atoms with Gasteiger partial charge in [-0.05, 0) is 12.8 Å². The first-order valence-electron chi connectivity index (χ1n) is 6.28. The molecule has 1 amide bonds. The number of rotatable bonds is 2. The van der Waals surface area contributed by atoms with Crippen LogP contribution in [0.2, 0.25) is 0 Å². The van der Waals surface area contributed by atoms with Crippen LogP contribution in [0.3, 0.4) is 0 Å². The van der Waals surface area contributed by atoms with Gasteiger partial charge in [-0.25, -0.2) is 4.79 Å². The zero-order chi connectivity index (χ0) is 13.0. The fourth-order valence-electron chi connectivity index (χ4n) is 2.38. The van der Waals surface area contributed by atoms with Crippen molar-refractivity contribution in [2.24, 2.45) is 5.92 Å². The van der Waals surface area contributed by atoms with E-state index in [1.165, 1.54) is 7.11 Å². The Hall–Kier alpha value is -1.14. The molecule has 0 aromatic rings. The lowest BCUT2D eigenvalue weighted by molar-refractivity contribution is -0.163. The van der Waals surface area contributed by atoms with Crippen molar-refractivity contribution in [2.45, 2.75) is 18.9 Å². The smallest absolute Gasteiger partial charge is 0.331 e. The maximum atomic E-state index is 12.4. The highest BCUT2D eigenvalue weighted by Gasteiger charge is 2.37. The molecule has 0 spiro atoms. The molecule has 0 radical (unpaired) electrons. The molecule has 0 aliphatic carbocycles. The Morgan fingerprint density at radius 2 is 1.89 bits per heavy atom. The van der Waals surface area contributed by atoms with Gasteiger partial charge in [-0.15, -0.1) is 0 Å². The average molecular weight is 257 g/mol. The third-order valence-corrected chi connectivity index (χ3v) is 3.46. The van der Waals surface area contributed by atoms with Gasteiger partial charge in [-0.2, -0.15) is 0 Å². The van der Waals surface area contributed by atoms with Crippen LogP contribution in [-0.4, -0.2) is 62.9 Å². The van der Waals surface area contributed by atoms with Crippen LogP contribution in [0.4, 0.5) is 0 Å². The molecule has 18 heavy (non-hydrogen) atoms. The summed E-state index contributed by atoms with van der Waals surface area (Å²) in [7, 11) is 1.33. The van der Waals surface area contributed by atoms with Crippen molar-refractivity contribution >= 4 is 11.9 Å². The standard InChI is InChI=1S/C12H19NO5/c1-16-12(15)10-8-18-7-4-13(10)11(14)9-2-5-17-6-3-9/h9-10H,2-8H2,1H3. The van der Waals surface area contributed by atoms with Gasteiger partial charge in [0, 0.05) is 25.7 Å². The number of nitrogens with zero attached hydrogens (tertiary/aromatic N) is 1. The van der Waals surface area contributed by atoms with Crippen LogP contribution in [0.15, 0.2) is 0 Å². The minimum absolute atomic E-state index is 0.0250. The molecule has 2 rings (SSSR count). The first kappa shape index (κ1) is 13.3. The maximum absolute atomic E-state index is 12.4. The number of ether oxygens (including phenoxy) is 3. The van der Waals surface area contributed by atoms with E-state index in [2.05, 4.69) is 0 Å². The van der Waals surface area contributed by atoms with E-state index in [0.717, 1.165) is 12.8 Å². The van der Waals surface area contributed by atoms with Crippen molar-refractivity contribution in [3.05, 3.63) is 0 Å². The van der Waals surface area contributed by atoms with Crippen LogP contribution in [0.25, 0.3) is 0 Å². The molecule has 2 saturated heterocycles. The Bertz CT molecular complexity index is 314. The topological polar surface area (TPSA) is 65.1 Å². The number of morpholine rings is 1. The Morgan fingerprint density at radius 3 is 2.56 bits per heavy atom. The molecule has 102 valence electrons. The summed E-state index contributed by atoms with van der Waals surface area (Å²) in [5.74, 6) is -0.420. The molecule has 0 aromatic heterocycles. The molecular formula is C12H19NO5. The molecule has 2 fully saturated rings. The van der Waals surface area contributed by atoms with Crippen molar-refractivity contribution in [1.29, 1.82) is 0 Å². The van der Waals surface area contributed by atoms with E-state index in [0.29, 0.717) is 26.4 Å². The molecule has 6 nitrogen and oxygen atoms in total. The van der Waals surface area contributed by atoms with E-state index < -0.39 is 12.0 Å². The highest BCUT2D eigenvalue weighted by Crippen LogP contribution is 2.20. The Labute approximate surface area is 106 Å². The van der Waals surface area contributed by atoms with Crippen molar-refractivity contribution in [1.82, 2.24) is 4.90 Å². The Morgan fingerprint density at radius 1 is 1.17 bits per heavy atom. The van der Waals surface area contributed by atoms with Gasteiger partial charge in [0.15, 0.2) is 6.04 Å². The van der Waals surface area contributed by atoms with E-state index in [-0.39, 0.29) is 18.4 Å². The lowest BCUT2D eigenvalue weighted by Crippen LogP contribution is -2.55. The number of carbonyl (C=O) groups is 2. The molecule has 0 saturated carbocycles. The highest BCUT2D eigenvalue weighted by atomic mass is 16.5. The second-order valence-electron chi connectivity index (χ2n) is 4.53. The number of methoxy groups -OCH3 is 1. The van der Waals surface area contributed by atoms with E-state index in [9.17, 15) is 9.59 Å². The summed E-state index contributed by atoms with van der Waals surface area (Å²) >= 11 is 0. The number of esters is 1.